The highest BCUT2D eigenvalue weighted by Gasteiger charge is 2.07. The number of unbranched alkanes of at least 4 members (excludes halogenated alkanes) is 7. The minimum absolute atomic E-state index is 0.488. The van der Waals surface area contributed by atoms with Gasteiger partial charge in [0.1, 0.15) is 0 Å². The maximum Gasteiger partial charge on any atom is 0.291 e. The van der Waals surface area contributed by atoms with Crippen LogP contribution in [0.1, 0.15) is 58.3 Å². The zero-order chi connectivity index (χ0) is 12.9. The lowest BCUT2D eigenvalue weighted by Gasteiger charge is -2.03. The Kier molecular flexibility index (Phi) is 10.6. The highest BCUT2D eigenvalue weighted by atomic mass is 16.6. The molecule has 0 heterocycles. The third-order valence-electron chi connectivity index (χ3n) is 2.63. The van der Waals surface area contributed by atoms with Crippen LogP contribution in [0.3, 0.4) is 0 Å². The molecule has 0 aliphatic carbocycles. The van der Waals surface area contributed by atoms with E-state index in [9.17, 15) is 14.9 Å². The van der Waals surface area contributed by atoms with Crippen LogP contribution in [0.5, 0.6) is 0 Å². The van der Waals surface area contributed by atoms with Gasteiger partial charge in [0.15, 0.2) is 0 Å². The lowest BCUT2D eigenvalue weighted by atomic mass is 10.1. The minimum atomic E-state index is -0.614. The Morgan fingerprint density at radius 2 is 1.59 bits per heavy atom. The van der Waals surface area contributed by atoms with Gasteiger partial charge in [-0.1, -0.05) is 51.9 Å². The van der Waals surface area contributed by atoms with Crippen molar-refractivity contribution in [1.82, 2.24) is 5.32 Å². The van der Waals surface area contributed by atoms with Crippen LogP contribution in [0.2, 0.25) is 0 Å². The van der Waals surface area contributed by atoms with Gasteiger partial charge >= 0.3 is 0 Å². The van der Waals surface area contributed by atoms with Crippen molar-refractivity contribution in [2.45, 2.75) is 58.3 Å². The number of amides is 1. The highest BCUT2D eigenvalue weighted by Crippen LogP contribution is 2.07. The summed E-state index contributed by atoms with van der Waals surface area (Å²) in [7, 11) is 0. The van der Waals surface area contributed by atoms with E-state index in [2.05, 4.69) is 12.2 Å². The van der Waals surface area contributed by atoms with Gasteiger partial charge in [0.2, 0.25) is 0 Å². The van der Waals surface area contributed by atoms with Crippen molar-refractivity contribution >= 4 is 5.91 Å². The molecule has 0 unspecified atom stereocenters. The molecule has 5 nitrogen and oxygen atoms in total. The summed E-state index contributed by atoms with van der Waals surface area (Å²) in [6, 6.07) is 0. The van der Waals surface area contributed by atoms with Crippen molar-refractivity contribution in [2.24, 2.45) is 0 Å². The van der Waals surface area contributed by atoms with Crippen molar-refractivity contribution in [3.05, 3.63) is 10.1 Å². The van der Waals surface area contributed by atoms with Crippen molar-refractivity contribution in [1.29, 1.82) is 0 Å². The molecule has 0 fully saturated rings. The van der Waals surface area contributed by atoms with Gasteiger partial charge < -0.3 is 5.32 Å². The number of nitro groups is 1. The summed E-state index contributed by atoms with van der Waals surface area (Å²) < 4.78 is 0. The molecule has 0 aromatic heterocycles. The first-order valence-electron chi connectivity index (χ1n) is 6.55. The van der Waals surface area contributed by atoms with E-state index >= 15 is 0 Å². The van der Waals surface area contributed by atoms with Crippen molar-refractivity contribution in [3.8, 4) is 0 Å². The second-order valence-electron chi connectivity index (χ2n) is 4.32. The fraction of sp³-hybridized carbons (Fsp3) is 0.917. The third-order valence-corrected chi connectivity index (χ3v) is 2.63. The van der Waals surface area contributed by atoms with Gasteiger partial charge in [-0.05, 0) is 6.42 Å². The molecule has 100 valence electrons. The number of carbonyl (C=O) groups is 1. The molecule has 0 bridgehead atoms. The van der Waals surface area contributed by atoms with Gasteiger partial charge in [-0.15, -0.1) is 0 Å². The van der Waals surface area contributed by atoms with E-state index in [-0.39, 0.29) is 0 Å². The van der Waals surface area contributed by atoms with E-state index in [4.69, 9.17) is 0 Å². The third kappa shape index (κ3) is 12.8. The predicted octanol–water partition coefficient (Wildman–Crippen LogP) is 2.52. The largest absolute Gasteiger partial charge is 0.350 e. The van der Waals surface area contributed by atoms with Gasteiger partial charge in [0.05, 0.1) is 0 Å². The Morgan fingerprint density at radius 1 is 1.06 bits per heavy atom. The molecule has 1 amide bonds. The van der Waals surface area contributed by atoms with Gasteiger partial charge in [-0.2, -0.15) is 0 Å². The summed E-state index contributed by atoms with van der Waals surface area (Å²) in [5.41, 5.74) is 0. The van der Waals surface area contributed by atoms with E-state index < -0.39 is 17.4 Å². The van der Waals surface area contributed by atoms with Gasteiger partial charge in [-0.25, -0.2) is 0 Å². The fourth-order valence-electron chi connectivity index (χ4n) is 1.66. The van der Waals surface area contributed by atoms with E-state index in [0.717, 1.165) is 12.8 Å². The molecule has 17 heavy (non-hydrogen) atoms. The molecule has 0 aromatic carbocycles. The predicted molar refractivity (Wildman–Crippen MR) is 67.5 cm³/mol. The SMILES string of the molecule is CCCCCCCCCCNC(=O)C[N+](=O)[O-]. The molecule has 0 spiro atoms. The second kappa shape index (κ2) is 11.4. The zero-order valence-corrected chi connectivity index (χ0v) is 10.7. The van der Waals surface area contributed by atoms with E-state index in [1.807, 2.05) is 0 Å². The summed E-state index contributed by atoms with van der Waals surface area (Å²) in [6.07, 6.45) is 9.64. The van der Waals surface area contributed by atoms with Crippen LogP contribution in [-0.2, 0) is 4.79 Å². The van der Waals surface area contributed by atoms with Crippen molar-refractivity contribution < 1.29 is 9.72 Å². The van der Waals surface area contributed by atoms with Crippen LogP contribution in [0.15, 0.2) is 0 Å². The Bertz CT molecular complexity index is 220. The number of nitrogens with one attached hydrogen (secondary N) is 1. The Balaban J connectivity index is 3.13. The molecular weight excluding hydrogens is 220 g/mol. The zero-order valence-electron chi connectivity index (χ0n) is 10.7. The van der Waals surface area contributed by atoms with E-state index in [0.29, 0.717) is 6.54 Å². The average Bonchev–Trinajstić information content (AvgIpc) is 2.26. The smallest absolute Gasteiger partial charge is 0.291 e. The second-order valence-corrected chi connectivity index (χ2v) is 4.32. The molecule has 0 aromatic rings. The van der Waals surface area contributed by atoms with E-state index in [1.54, 1.807) is 0 Å². The summed E-state index contributed by atoms with van der Waals surface area (Å²) in [5.74, 6) is -0.488. The van der Waals surface area contributed by atoms with Crippen molar-refractivity contribution in [3.63, 3.8) is 0 Å². The first kappa shape index (κ1) is 15.9. The van der Waals surface area contributed by atoms with Crippen LogP contribution in [0, 0.1) is 10.1 Å². The Labute approximate surface area is 103 Å². The number of hydrogen-bond donors (Lipinski definition) is 1. The van der Waals surface area contributed by atoms with Gasteiger partial charge in [-0.3, -0.25) is 14.9 Å². The molecule has 0 radical (unpaired) electrons. The molecule has 0 atom stereocenters. The first-order valence-corrected chi connectivity index (χ1v) is 6.55. The Morgan fingerprint density at radius 3 is 2.12 bits per heavy atom. The maximum atomic E-state index is 10.9. The van der Waals surface area contributed by atoms with Crippen LogP contribution in [-0.4, -0.2) is 23.9 Å². The number of carbonyl (C=O) groups excluding carboxylic acids is 1. The number of rotatable bonds is 11. The lowest BCUT2D eigenvalue weighted by Crippen LogP contribution is -2.30. The lowest BCUT2D eigenvalue weighted by molar-refractivity contribution is -0.467. The maximum absolute atomic E-state index is 10.9. The summed E-state index contributed by atoms with van der Waals surface area (Å²) in [5, 5.41) is 12.6. The average molecular weight is 244 g/mol. The summed E-state index contributed by atoms with van der Waals surface area (Å²) in [4.78, 5) is 20.3. The molecule has 0 saturated heterocycles. The van der Waals surface area contributed by atoms with Crippen LogP contribution in [0.25, 0.3) is 0 Å². The summed E-state index contributed by atoms with van der Waals surface area (Å²) >= 11 is 0. The minimum Gasteiger partial charge on any atom is -0.350 e. The quantitative estimate of drug-likeness (QED) is 0.345. The standard InChI is InChI=1S/C12H24N2O3/c1-2-3-4-5-6-7-8-9-10-13-12(15)11-14(16)17/h2-11H2,1H3,(H,13,15). The summed E-state index contributed by atoms with van der Waals surface area (Å²) in [6.45, 7) is 2.15. The molecule has 1 N–H and O–H groups in total. The van der Waals surface area contributed by atoms with Crippen LogP contribution >= 0.6 is 0 Å². The van der Waals surface area contributed by atoms with Gasteiger partial charge in [0.25, 0.3) is 12.5 Å². The van der Waals surface area contributed by atoms with Gasteiger partial charge in [0, 0.05) is 11.5 Å². The topological polar surface area (TPSA) is 72.2 Å². The first-order chi connectivity index (χ1) is 8.16. The molecule has 0 aliphatic heterocycles. The normalized spacial score (nSPS) is 10.2. The molecule has 0 rings (SSSR count). The van der Waals surface area contributed by atoms with Crippen LogP contribution < -0.4 is 5.32 Å². The molecule has 0 saturated carbocycles. The highest BCUT2D eigenvalue weighted by molar-refractivity contribution is 5.76. The molecular formula is C12H24N2O3. The molecule has 0 aliphatic rings. The fourth-order valence-corrected chi connectivity index (χ4v) is 1.66. The molecule has 5 heteroatoms. The Hall–Kier alpha value is -1.13. The number of hydrogen-bond acceptors (Lipinski definition) is 3. The number of nitrogens with zero attached hydrogens (tertiary/aromatic N) is 1. The van der Waals surface area contributed by atoms with E-state index in [1.165, 1.54) is 38.5 Å². The van der Waals surface area contributed by atoms with Crippen molar-refractivity contribution in [2.75, 3.05) is 13.1 Å². The monoisotopic (exact) mass is 244 g/mol. The van der Waals surface area contributed by atoms with Crippen LogP contribution in [0.4, 0.5) is 0 Å².